The Morgan fingerprint density at radius 2 is 1.97 bits per heavy atom. The van der Waals surface area contributed by atoms with E-state index in [2.05, 4.69) is 94.8 Å². The minimum absolute atomic E-state index is 0.891. The van der Waals surface area contributed by atoms with Gasteiger partial charge in [-0.3, -0.25) is 10.1 Å². The van der Waals surface area contributed by atoms with Gasteiger partial charge in [-0.25, -0.2) is 0 Å². The average molecular weight is 473 g/mol. The topological polar surface area (TPSA) is 53.6 Å². The molecule has 2 aromatic heterocycles. The second-order valence-electron chi connectivity index (χ2n) is 9.21. The Hall–Kier alpha value is -4.18. The van der Waals surface area contributed by atoms with Crippen LogP contribution in [-0.4, -0.2) is 21.7 Å². The van der Waals surface area contributed by atoms with Gasteiger partial charge in [0.05, 0.1) is 17.6 Å². The first-order chi connectivity index (χ1) is 17.6. The molecule has 0 saturated carbocycles. The summed E-state index contributed by atoms with van der Waals surface area (Å²) in [4.78, 5) is 4.68. The number of H-pyrrole nitrogens is 1. The molecule has 2 aromatic rings. The van der Waals surface area contributed by atoms with E-state index in [9.17, 15) is 0 Å². The monoisotopic (exact) mass is 472 g/mol. The van der Waals surface area contributed by atoms with Gasteiger partial charge in [-0.05, 0) is 84.8 Å². The number of nitrogens with one attached hydrogen (secondary N) is 2. The standard InChI is InChI=1S/C32H32N4/c1-4-24(19-27-14-8-18-33-23(27)3)28-12-6-10-25-16-17-26(11-7-13-29(25)20-28)30-21-34-36-32(30)31-15-5-9-22(2)35-31/h4-5,7,9-17,20-21,33H,3,6,8,18-19H2,1-2H3,(H,34,36)/b13-7+,17-16-,24-4+,26-11-. The van der Waals surface area contributed by atoms with Crippen molar-refractivity contribution in [2.75, 3.05) is 6.54 Å². The number of fused-ring (bicyclic) bond motifs is 1. The number of hydrogen-bond donors (Lipinski definition) is 2. The molecule has 0 amide bonds. The third-order valence-corrected chi connectivity index (χ3v) is 6.77. The molecule has 0 bridgehead atoms. The van der Waals surface area contributed by atoms with Crippen LogP contribution in [0.5, 0.6) is 0 Å². The molecule has 0 radical (unpaired) electrons. The van der Waals surface area contributed by atoms with Crippen LogP contribution in [0.2, 0.25) is 0 Å². The van der Waals surface area contributed by atoms with E-state index in [0.29, 0.717) is 0 Å². The van der Waals surface area contributed by atoms with E-state index < -0.39 is 0 Å². The summed E-state index contributed by atoms with van der Waals surface area (Å²) in [7, 11) is 0. The maximum absolute atomic E-state index is 4.68. The van der Waals surface area contributed by atoms with Gasteiger partial charge in [-0.1, -0.05) is 67.3 Å². The van der Waals surface area contributed by atoms with Gasteiger partial charge in [0.2, 0.25) is 0 Å². The largest absolute Gasteiger partial charge is 0.385 e. The highest BCUT2D eigenvalue weighted by atomic mass is 15.1. The van der Waals surface area contributed by atoms with Gasteiger partial charge in [-0.2, -0.15) is 5.10 Å². The van der Waals surface area contributed by atoms with Gasteiger partial charge in [-0.15, -0.1) is 0 Å². The Bertz CT molecular complexity index is 1430. The quantitative estimate of drug-likeness (QED) is 0.482. The maximum Gasteiger partial charge on any atom is 0.0912 e. The fraction of sp³-hybridized carbons (Fsp3) is 0.188. The highest BCUT2D eigenvalue weighted by molar-refractivity contribution is 5.84. The van der Waals surface area contributed by atoms with Crippen LogP contribution in [0.25, 0.3) is 17.0 Å². The van der Waals surface area contributed by atoms with Crippen molar-refractivity contribution in [1.29, 1.82) is 0 Å². The van der Waals surface area contributed by atoms with Crippen molar-refractivity contribution in [3.8, 4) is 11.4 Å². The Morgan fingerprint density at radius 3 is 2.81 bits per heavy atom. The van der Waals surface area contributed by atoms with Crippen molar-refractivity contribution >= 4 is 5.57 Å². The second-order valence-corrected chi connectivity index (χ2v) is 9.21. The van der Waals surface area contributed by atoms with Crippen LogP contribution in [0.3, 0.4) is 0 Å². The van der Waals surface area contributed by atoms with Crippen LogP contribution in [0.4, 0.5) is 0 Å². The summed E-state index contributed by atoms with van der Waals surface area (Å²) in [5, 5.41) is 10.9. The highest BCUT2D eigenvalue weighted by Crippen LogP contribution is 2.32. The lowest BCUT2D eigenvalue weighted by Gasteiger charge is -2.20. The Morgan fingerprint density at radius 1 is 1.08 bits per heavy atom. The molecular weight excluding hydrogens is 440 g/mol. The predicted molar refractivity (Wildman–Crippen MR) is 150 cm³/mol. The number of aromatic amines is 1. The van der Waals surface area contributed by atoms with E-state index in [4.69, 9.17) is 0 Å². The van der Waals surface area contributed by atoms with Crippen molar-refractivity contribution in [1.82, 2.24) is 20.5 Å². The number of aromatic nitrogens is 3. The summed E-state index contributed by atoms with van der Waals surface area (Å²) in [5.41, 5.74) is 12.4. The molecule has 2 N–H and O–H groups in total. The molecule has 3 heterocycles. The van der Waals surface area contributed by atoms with Crippen molar-refractivity contribution in [2.45, 2.75) is 33.1 Å². The van der Waals surface area contributed by atoms with E-state index >= 15 is 0 Å². The summed E-state index contributed by atoms with van der Waals surface area (Å²) in [6.45, 7) is 9.31. The normalized spacial score (nSPS) is 21.2. The lowest BCUT2D eigenvalue weighted by molar-refractivity contribution is 0.767. The molecule has 0 atom stereocenters. The molecule has 2 aliphatic carbocycles. The van der Waals surface area contributed by atoms with Gasteiger partial charge in [0.1, 0.15) is 0 Å². The van der Waals surface area contributed by atoms with Crippen molar-refractivity contribution in [2.24, 2.45) is 0 Å². The zero-order valence-electron chi connectivity index (χ0n) is 21.0. The Balaban J connectivity index is 1.42. The number of nitrogens with zero attached hydrogens (tertiary/aromatic N) is 2. The van der Waals surface area contributed by atoms with E-state index in [0.717, 1.165) is 59.7 Å². The first-order valence-corrected chi connectivity index (χ1v) is 12.6. The molecule has 0 saturated heterocycles. The first-order valence-electron chi connectivity index (χ1n) is 12.6. The third-order valence-electron chi connectivity index (χ3n) is 6.77. The van der Waals surface area contributed by atoms with Crippen molar-refractivity contribution in [3.63, 3.8) is 0 Å². The summed E-state index contributed by atoms with van der Waals surface area (Å²) < 4.78 is 0. The zero-order chi connectivity index (χ0) is 24.9. The van der Waals surface area contributed by atoms with Crippen LogP contribution < -0.4 is 5.32 Å². The first kappa shape index (κ1) is 23.6. The van der Waals surface area contributed by atoms with Gasteiger partial charge < -0.3 is 5.32 Å². The number of aryl methyl sites for hydroxylation is 1. The Kier molecular flexibility index (Phi) is 6.94. The summed E-state index contributed by atoms with van der Waals surface area (Å²) in [5.74, 6) is 0. The summed E-state index contributed by atoms with van der Waals surface area (Å²) in [6, 6.07) is 6.05. The lowest BCUT2D eigenvalue weighted by atomic mass is 9.92. The number of allylic oxidation sites excluding steroid dienone is 15. The molecule has 0 unspecified atom stereocenters. The number of rotatable bonds is 5. The molecule has 4 heteroatoms. The molecule has 1 aliphatic heterocycles. The van der Waals surface area contributed by atoms with Crippen LogP contribution in [0.1, 0.15) is 37.4 Å². The predicted octanol–water partition coefficient (Wildman–Crippen LogP) is 7.24. The maximum atomic E-state index is 4.68. The minimum Gasteiger partial charge on any atom is -0.385 e. The van der Waals surface area contributed by atoms with Gasteiger partial charge in [0.15, 0.2) is 0 Å². The van der Waals surface area contributed by atoms with E-state index in [-0.39, 0.29) is 0 Å². The number of pyridine rings is 1. The smallest absolute Gasteiger partial charge is 0.0912 e. The summed E-state index contributed by atoms with van der Waals surface area (Å²) in [6.07, 6.45) is 27.1. The number of hydrogen-bond acceptors (Lipinski definition) is 3. The van der Waals surface area contributed by atoms with Crippen molar-refractivity contribution < 1.29 is 0 Å². The molecule has 0 spiro atoms. The van der Waals surface area contributed by atoms with Crippen LogP contribution in [0.15, 0.2) is 125 Å². The summed E-state index contributed by atoms with van der Waals surface area (Å²) >= 11 is 0. The van der Waals surface area contributed by atoms with Crippen LogP contribution >= 0.6 is 0 Å². The average Bonchev–Trinajstić information content (AvgIpc) is 3.27. The molecule has 0 fully saturated rings. The Labute approximate surface area is 213 Å². The molecule has 5 rings (SSSR count). The van der Waals surface area contributed by atoms with Crippen molar-refractivity contribution in [3.05, 3.63) is 137 Å². The highest BCUT2D eigenvalue weighted by Gasteiger charge is 2.15. The molecule has 4 nitrogen and oxygen atoms in total. The molecule has 0 aromatic carbocycles. The third kappa shape index (κ3) is 5.08. The van der Waals surface area contributed by atoms with Gasteiger partial charge in [0, 0.05) is 23.5 Å². The fourth-order valence-electron chi connectivity index (χ4n) is 4.79. The van der Waals surface area contributed by atoms with E-state index in [1.165, 1.54) is 27.9 Å². The van der Waals surface area contributed by atoms with E-state index in [1.54, 1.807) is 0 Å². The SMILES string of the molecule is C=C1NCCC=C1C/C(=C\C)C1=CCC=C2\C=C/C(c3cn[nH]c3-c3cccc(C)n3)=C/C=C/C2=C1. The van der Waals surface area contributed by atoms with Crippen LogP contribution in [-0.2, 0) is 0 Å². The lowest BCUT2D eigenvalue weighted by Crippen LogP contribution is -2.19. The molecule has 3 aliphatic rings. The van der Waals surface area contributed by atoms with Gasteiger partial charge in [0.25, 0.3) is 0 Å². The fourth-order valence-corrected chi connectivity index (χ4v) is 4.79. The minimum atomic E-state index is 0.891. The molecule has 36 heavy (non-hydrogen) atoms. The van der Waals surface area contributed by atoms with Gasteiger partial charge >= 0.3 is 0 Å². The molecule has 180 valence electrons. The van der Waals surface area contributed by atoms with E-state index in [1.807, 2.05) is 31.3 Å². The zero-order valence-corrected chi connectivity index (χ0v) is 21.0. The molecular formula is C32H32N4. The second kappa shape index (κ2) is 10.6. The van der Waals surface area contributed by atoms with Crippen LogP contribution in [0, 0.1) is 6.92 Å².